The van der Waals surface area contributed by atoms with Crippen LogP contribution in [0.2, 0.25) is 0 Å². The van der Waals surface area contributed by atoms with E-state index in [2.05, 4.69) is 16.5 Å². The largest absolute Gasteiger partial charge is 0.272 e. The van der Waals surface area contributed by atoms with Crippen molar-refractivity contribution in [2.75, 3.05) is 0 Å². The zero-order chi connectivity index (χ0) is 5.40. The summed E-state index contributed by atoms with van der Waals surface area (Å²) in [4.78, 5) is 0. The molecule has 0 aromatic rings. The maximum absolute atomic E-state index is 2.98. The van der Waals surface area contributed by atoms with Crippen molar-refractivity contribution in [3.63, 3.8) is 0 Å². The Morgan fingerprint density at radius 3 is 3.50 bits per heavy atom. The lowest BCUT2D eigenvalue weighted by Crippen LogP contribution is -2.33. The average Bonchev–Trinajstić information content (AvgIpc) is 2.15. The fourth-order valence-electron chi connectivity index (χ4n) is 0.677. The molecule has 0 aromatic heterocycles. The molecule has 0 saturated carbocycles. The minimum atomic E-state index is 0.343. The number of hydrogen-bond acceptors (Lipinski definition) is 5. The molecule has 0 aliphatic carbocycles. The highest BCUT2D eigenvalue weighted by atomic mass is 32.2. The Balaban J connectivity index is 2.13. The van der Waals surface area contributed by atoms with Crippen LogP contribution in [0.3, 0.4) is 0 Å². The molecule has 0 amide bonds. The number of nitrogens with one attached hydrogen (secondary N) is 3. The normalized spacial score (nSPS) is 34.0. The van der Waals surface area contributed by atoms with Crippen molar-refractivity contribution < 1.29 is 0 Å². The predicted molar refractivity (Wildman–Crippen MR) is 31.8 cm³/mol. The maximum atomic E-state index is 2.98. The van der Waals surface area contributed by atoms with E-state index in [9.17, 15) is 0 Å². The lowest BCUT2D eigenvalue weighted by molar-refractivity contribution is 0.318. The van der Waals surface area contributed by atoms with Crippen molar-refractivity contribution in [2.24, 2.45) is 0 Å². The maximum Gasteiger partial charge on any atom is 0.160 e. The molecule has 2 aliphatic heterocycles. The van der Waals surface area contributed by atoms with Gasteiger partial charge >= 0.3 is 0 Å². The lowest BCUT2D eigenvalue weighted by Gasteiger charge is -2.09. The molecule has 2 rings (SSSR count). The number of rotatable bonds is 0. The molecule has 44 valence electrons. The molecule has 2 aliphatic rings. The summed E-state index contributed by atoms with van der Waals surface area (Å²) < 4.78 is 0. The molecule has 4 nitrogen and oxygen atoms in total. The molecule has 0 spiro atoms. The van der Waals surface area contributed by atoms with Gasteiger partial charge in [0.05, 0.1) is 0 Å². The minimum absolute atomic E-state index is 0.343. The molecular weight excluding hydrogens is 124 g/mol. The first-order chi connectivity index (χ1) is 3.97. The van der Waals surface area contributed by atoms with Crippen molar-refractivity contribution in [3.05, 3.63) is 11.6 Å². The summed E-state index contributed by atoms with van der Waals surface area (Å²) in [5.74, 6) is 0. The first-order valence-electron chi connectivity index (χ1n) is 2.33. The van der Waals surface area contributed by atoms with E-state index in [0.29, 0.717) is 5.50 Å². The summed E-state index contributed by atoms with van der Waals surface area (Å²) >= 11 is 1.72. The standard InChI is InChI=1S/C3H6N4S/c1-2-8-3-4-5-6-7(1)3/h1-6H. The minimum Gasteiger partial charge on any atom is -0.272 e. The van der Waals surface area contributed by atoms with Gasteiger partial charge in [0, 0.05) is 6.20 Å². The van der Waals surface area contributed by atoms with Crippen LogP contribution in [0.25, 0.3) is 0 Å². The van der Waals surface area contributed by atoms with Gasteiger partial charge < -0.3 is 0 Å². The molecule has 5 heteroatoms. The van der Waals surface area contributed by atoms with E-state index in [1.54, 1.807) is 11.8 Å². The quantitative estimate of drug-likeness (QED) is 0.405. The van der Waals surface area contributed by atoms with Crippen LogP contribution >= 0.6 is 11.8 Å². The highest BCUT2D eigenvalue weighted by Crippen LogP contribution is 2.21. The molecule has 0 aromatic carbocycles. The Labute approximate surface area is 51.2 Å². The molecular formula is C3H6N4S. The van der Waals surface area contributed by atoms with Gasteiger partial charge in [-0.2, -0.15) is 11.1 Å². The van der Waals surface area contributed by atoms with Gasteiger partial charge in [0.15, 0.2) is 5.50 Å². The van der Waals surface area contributed by atoms with E-state index < -0.39 is 0 Å². The summed E-state index contributed by atoms with van der Waals surface area (Å²) in [5, 5.41) is 3.98. The van der Waals surface area contributed by atoms with E-state index in [1.807, 2.05) is 16.6 Å². The summed E-state index contributed by atoms with van der Waals surface area (Å²) in [6.07, 6.45) is 1.97. The Hall–Kier alpha value is -0.230. The highest BCUT2D eigenvalue weighted by molar-refractivity contribution is 8.02. The van der Waals surface area contributed by atoms with Crippen LogP contribution in [0.4, 0.5) is 0 Å². The SMILES string of the molecule is C1=CN2NNNC2S1. The molecule has 1 unspecified atom stereocenters. The van der Waals surface area contributed by atoms with Crippen LogP contribution in [0.5, 0.6) is 0 Å². The Bertz CT molecular complexity index is 124. The van der Waals surface area contributed by atoms with E-state index in [4.69, 9.17) is 0 Å². The molecule has 0 radical (unpaired) electrons. The van der Waals surface area contributed by atoms with E-state index >= 15 is 0 Å². The van der Waals surface area contributed by atoms with Crippen LogP contribution < -0.4 is 16.5 Å². The number of nitrogens with zero attached hydrogens (tertiary/aromatic N) is 1. The van der Waals surface area contributed by atoms with Crippen molar-refractivity contribution in [1.29, 1.82) is 0 Å². The summed E-state index contributed by atoms with van der Waals surface area (Å²) in [5.41, 5.74) is 8.99. The van der Waals surface area contributed by atoms with Crippen molar-refractivity contribution in [3.8, 4) is 0 Å². The third-order valence-electron chi connectivity index (χ3n) is 1.06. The topological polar surface area (TPSA) is 39.3 Å². The lowest BCUT2D eigenvalue weighted by atomic mass is 10.9. The van der Waals surface area contributed by atoms with Gasteiger partial charge in [-0.1, -0.05) is 11.8 Å². The number of hydrazine groups is 3. The predicted octanol–water partition coefficient (Wildman–Crippen LogP) is -0.683. The second-order valence-electron chi connectivity index (χ2n) is 1.56. The van der Waals surface area contributed by atoms with Crippen molar-refractivity contribution in [2.45, 2.75) is 5.50 Å². The third kappa shape index (κ3) is 0.528. The summed E-state index contributed by atoms with van der Waals surface area (Å²) in [6, 6.07) is 0. The molecule has 1 atom stereocenters. The first-order valence-corrected chi connectivity index (χ1v) is 3.28. The average molecular weight is 130 g/mol. The smallest absolute Gasteiger partial charge is 0.160 e. The summed E-state index contributed by atoms with van der Waals surface area (Å²) in [6.45, 7) is 0. The van der Waals surface area contributed by atoms with Gasteiger partial charge in [0.1, 0.15) is 0 Å². The fraction of sp³-hybridized carbons (Fsp3) is 0.333. The Kier molecular flexibility index (Phi) is 0.942. The van der Waals surface area contributed by atoms with Gasteiger partial charge in [-0.25, -0.2) is 5.43 Å². The third-order valence-corrected chi connectivity index (χ3v) is 1.94. The molecule has 1 fully saturated rings. The van der Waals surface area contributed by atoms with Gasteiger partial charge in [-0.15, -0.1) is 0 Å². The molecule has 3 N–H and O–H groups in total. The van der Waals surface area contributed by atoms with E-state index in [1.165, 1.54) is 0 Å². The van der Waals surface area contributed by atoms with Crippen LogP contribution in [0.15, 0.2) is 11.6 Å². The van der Waals surface area contributed by atoms with E-state index in [-0.39, 0.29) is 0 Å². The second kappa shape index (κ2) is 1.63. The zero-order valence-corrected chi connectivity index (χ0v) is 4.90. The van der Waals surface area contributed by atoms with Crippen LogP contribution in [-0.2, 0) is 0 Å². The van der Waals surface area contributed by atoms with Gasteiger partial charge in [-0.3, -0.25) is 5.01 Å². The van der Waals surface area contributed by atoms with Crippen LogP contribution in [0, 0.1) is 0 Å². The second-order valence-corrected chi connectivity index (χ2v) is 2.55. The van der Waals surface area contributed by atoms with Crippen molar-refractivity contribution >= 4 is 11.8 Å². The van der Waals surface area contributed by atoms with Crippen LogP contribution in [0.1, 0.15) is 0 Å². The van der Waals surface area contributed by atoms with Crippen molar-refractivity contribution in [1.82, 2.24) is 21.5 Å². The highest BCUT2D eigenvalue weighted by Gasteiger charge is 2.23. The molecule has 0 bridgehead atoms. The van der Waals surface area contributed by atoms with Crippen LogP contribution in [-0.4, -0.2) is 10.5 Å². The fourth-order valence-corrected chi connectivity index (χ4v) is 1.41. The number of thioether (sulfide) groups is 1. The first kappa shape index (κ1) is 4.63. The van der Waals surface area contributed by atoms with E-state index in [0.717, 1.165) is 0 Å². The Morgan fingerprint density at radius 2 is 2.62 bits per heavy atom. The monoisotopic (exact) mass is 130 g/mol. The number of fused-ring (bicyclic) bond motifs is 1. The summed E-state index contributed by atoms with van der Waals surface area (Å²) in [7, 11) is 0. The molecule has 2 heterocycles. The molecule has 8 heavy (non-hydrogen) atoms. The number of hydrogen-bond donors (Lipinski definition) is 3. The zero-order valence-electron chi connectivity index (χ0n) is 4.09. The van der Waals surface area contributed by atoms with Gasteiger partial charge in [-0.05, 0) is 5.41 Å². The van der Waals surface area contributed by atoms with Gasteiger partial charge in [0.2, 0.25) is 0 Å². The van der Waals surface area contributed by atoms with Gasteiger partial charge in [0.25, 0.3) is 0 Å². The molecule has 1 saturated heterocycles. The Morgan fingerprint density at radius 1 is 1.62 bits per heavy atom.